The number of hydrogen-bond acceptors (Lipinski definition) is 8. The third-order valence-electron chi connectivity index (χ3n) is 6.09. The van der Waals surface area contributed by atoms with E-state index < -0.39 is 29.9 Å². The molecule has 2 unspecified atom stereocenters. The second-order valence-electron chi connectivity index (χ2n) is 9.89. The Labute approximate surface area is 246 Å². The lowest BCUT2D eigenvalue weighted by atomic mass is 10.00. The first-order valence-corrected chi connectivity index (χ1v) is 14.1. The van der Waals surface area contributed by atoms with Gasteiger partial charge in [-0.3, -0.25) is 19.7 Å². The van der Waals surface area contributed by atoms with Gasteiger partial charge in [-0.25, -0.2) is 4.79 Å². The molecule has 3 aromatic rings. The number of benzene rings is 2. The summed E-state index contributed by atoms with van der Waals surface area (Å²) in [5, 5.41) is 22.9. The van der Waals surface area contributed by atoms with E-state index in [0.29, 0.717) is 39.9 Å². The molecule has 13 heteroatoms. The monoisotopic (exact) mass is 596 g/mol. The molecule has 0 bridgehead atoms. The van der Waals surface area contributed by atoms with Gasteiger partial charge in [0.25, 0.3) is 5.91 Å². The summed E-state index contributed by atoms with van der Waals surface area (Å²) in [5.41, 5.74) is 1.07. The molecule has 4 amide bonds. The minimum absolute atomic E-state index is 0.0579. The molecule has 0 fully saturated rings. The zero-order valence-electron chi connectivity index (χ0n) is 23.0. The van der Waals surface area contributed by atoms with Crippen molar-refractivity contribution in [1.29, 1.82) is 0 Å². The molecular weight excluding hydrogens is 564 g/mol. The van der Waals surface area contributed by atoms with E-state index in [1.165, 1.54) is 11.3 Å². The van der Waals surface area contributed by atoms with Crippen LogP contribution in [0.1, 0.15) is 38.3 Å². The molecule has 4 rings (SSSR count). The summed E-state index contributed by atoms with van der Waals surface area (Å²) in [6.45, 7) is 3.53. The fourth-order valence-electron chi connectivity index (χ4n) is 4.18. The number of nitrogens with one attached hydrogen (secondary N) is 4. The average Bonchev–Trinajstić information content (AvgIpc) is 3.63. The lowest BCUT2D eigenvalue weighted by Gasteiger charge is -2.24. The van der Waals surface area contributed by atoms with Gasteiger partial charge in [0, 0.05) is 5.69 Å². The van der Waals surface area contributed by atoms with Crippen molar-refractivity contribution in [2.24, 2.45) is 5.92 Å². The van der Waals surface area contributed by atoms with E-state index in [9.17, 15) is 24.3 Å². The van der Waals surface area contributed by atoms with Crippen molar-refractivity contribution in [3.05, 3.63) is 65.5 Å². The van der Waals surface area contributed by atoms with Gasteiger partial charge in [-0.15, -0.1) is 11.3 Å². The van der Waals surface area contributed by atoms with Crippen LogP contribution in [0.3, 0.4) is 0 Å². The van der Waals surface area contributed by atoms with Gasteiger partial charge >= 0.3 is 12.0 Å². The van der Waals surface area contributed by atoms with Crippen LogP contribution in [-0.2, 0) is 14.4 Å². The van der Waals surface area contributed by atoms with Crippen molar-refractivity contribution in [2.45, 2.75) is 38.8 Å². The lowest BCUT2D eigenvalue weighted by molar-refractivity contribution is -0.138. The molecule has 5 N–H and O–H groups in total. The van der Waals surface area contributed by atoms with Gasteiger partial charge in [0.1, 0.15) is 11.8 Å². The first kappa shape index (κ1) is 30.2. The molecule has 0 radical (unpaired) electrons. The minimum atomic E-state index is -1.10. The van der Waals surface area contributed by atoms with Crippen LogP contribution in [0.2, 0.25) is 0 Å². The summed E-state index contributed by atoms with van der Waals surface area (Å²) in [7, 11) is 0. The highest BCUT2D eigenvalue weighted by molar-refractivity contribution is 7.14. The Morgan fingerprint density at radius 3 is 2.43 bits per heavy atom. The highest BCUT2D eigenvalue weighted by atomic mass is 32.1. The summed E-state index contributed by atoms with van der Waals surface area (Å²) in [5.74, 6) is -0.684. The van der Waals surface area contributed by atoms with Gasteiger partial charge in [0.2, 0.25) is 12.7 Å². The number of carboxylic acids is 1. The van der Waals surface area contributed by atoms with Crippen molar-refractivity contribution in [2.75, 3.05) is 24.0 Å². The summed E-state index contributed by atoms with van der Waals surface area (Å²) in [4.78, 5) is 49.6. The van der Waals surface area contributed by atoms with Crippen LogP contribution in [0.4, 0.5) is 15.5 Å². The highest BCUT2D eigenvalue weighted by Gasteiger charge is 2.27. The zero-order chi connectivity index (χ0) is 30.1. The van der Waals surface area contributed by atoms with Crippen molar-refractivity contribution in [3.63, 3.8) is 0 Å². The van der Waals surface area contributed by atoms with E-state index in [2.05, 4.69) is 21.3 Å². The third kappa shape index (κ3) is 8.86. The molecule has 2 aromatic carbocycles. The van der Waals surface area contributed by atoms with Crippen LogP contribution in [0.15, 0.2) is 60.0 Å². The Morgan fingerprint density at radius 2 is 1.74 bits per heavy atom. The number of carboxylic acid groups (broad SMARTS) is 1. The second-order valence-corrected chi connectivity index (χ2v) is 10.8. The molecule has 42 heavy (non-hydrogen) atoms. The van der Waals surface area contributed by atoms with Gasteiger partial charge in [-0.1, -0.05) is 19.9 Å². The standard InChI is InChI=1S/C29H32N4O8S/c1-17(2)12-22(28(37)32-21(14-27(35)36)18-5-10-23-24(13-18)41-16-40-23)31-25(34)15-39-20-8-6-19(7-9-20)30-29(38)33-26-4-3-11-42-26/h3-11,13,17,21-22H,12,14-16H2,1-2H3,(H,31,34)(H,32,37)(H,35,36)(H2,30,33,38). The van der Waals surface area contributed by atoms with Crippen LogP contribution in [-0.4, -0.2) is 48.4 Å². The van der Waals surface area contributed by atoms with Crippen molar-refractivity contribution >= 4 is 45.8 Å². The smallest absolute Gasteiger partial charge is 0.324 e. The molecule has 1 aliphatic heterocycles. The average molecular weight is 597 g/mol. The van der Waals surface area contributed by atoms with E-state index in [4.69, 9.17) is 14.2 Å². The first-order chi connectivity index (χ1) is 20.2. The van der Waals surface area contributed by atoms with Gasteiger partial charge < -0.3 is 35.3 Å². The normalized spacial score (nSPS) is 13.1. The molecule has 2 heterocycles. The molecule has 1 aliphatic rings. The third-order valence-corrected chi connectivity index (χ3v) is 6.88. The number of carbonyl (C=O) groups excluding carboxylic acids is 3. The largest absolute Gasteiger partial charge is 0.484 e. The van der Waals surface area contributed by atoms with Crippen LogP contribution in [0.25, 0.3) is 0 Å². The van der Waals surface area contributed by atoms with E-state index >= 15 is 0 Å². The van der Waals surface area contributed by atoms with Crippen molar-refractivity contribution in [3.8, 4) is 17.2 Å². The Hall–Kier alpha value is -4.78. The number of fused-ring (bicyclic) bond motifs is 1. The van der Waals surface area contributed by atoms with Crippen LogP contribution < -0.4 is 35.5 Å². The number of thiophene rings is 1. The van der Waals surface area contributed by atoms with Crippen LogP contribution in [0, 0.1) is 5.92 Å². The van der Waals surface area contributed by atoms with E-state index in [1.807, 2.05) is 25.3 Å². The van der Waals surface area contributed by atoms with Crippen LogP contribution >= 0.6 is 11.3 Å². The number of hydrogen-bond donors (Lipinski definition) is 5. The van der Waals surface area contributed by atoms with E-state index in [0.717, 1.165) is 0 Å². The molecule has 12 nitrogen and oxygen atoms in total. The number of urea groups is 1. The molecule has 222 valence electrons. The summed E-state index contributed by atoms with van der Waals surface area (Å²) in [6.07, 6.45) is -0.0379. The van der Waals surface area contributed by atoms with Gasteiger partial charge in [-0.05, 0) is 71.8 Å². The summed E-state index contributed by atoms with van der Waals surface area (Å²) >= 11 is 1.40. The number of rotatable bonds is 13. The number of amides is 4. The molecule has 0 spiro atoms. The maximum atomic E-state index is 13.3. The Bertz CT molecular complexity index is 1400. The second kappa shape index (κ2) is 14.2. The predicted molar refractivity (Wildman–Crippen MR) is 156 cm³/mol. The predicted octanol–water partition coefficient (Wildman–Crippen LogP) is 4.36. The molecule has 0 saturated heterocycles. The molecular formula is C29H32N4O8S. The van der Waals surface area contributed by atoms with E-state index in [1.54, 1.807) is 48.5 Å². The Morgan fingerprint density at radius 1 is 0.976 bits per heavy atom. The van der Waals surface area contributed by atoms with Gasteiger partial charge in [0.15, 0.2) is 18.1 Å². The Balaban J connectivity index is 1.32. The first-order valence-electron chi connectivity index (χ1n) is 13.2. The van der Waals surface area contributed by atoms with Crippen LogP contribution in [0.5, 0.6) is 17.2 Å². The van der Waals surface area contributed by atoms with E-state index in [-0.39, 0.29) is 31.8 Å². The van der Waals surface area contributed by atoms with Gasteiger partial charge in [0.05, 0.1) is 17.5 Å². The number of carbonyl (C=O) groups is 4. The quantitative estimate of drug-likeness (QED) is 0.194. The number of ether oxygens (including phenoxy) is 3. The molecule has 2 atom stereocenters. The minimum Gasteiger partial charge on any atom is -0.484 e. The summed E-state index contributed by atoms with van der Waals surface area (Å²) in [6, 6.07) is 12.9. The highest BCUT2D eigenvalue weighted by Crippen LogP contribution is 2.35. The number of aliphatic carboxylic acids is 1. The maximum Gasteiger partial charge on any atom is 0.324 e. The SMILES string of the molecule is CC(C)CC(NC(=O)COc1ccc(NC(=O)Nc2cccs2)cc1)C(=O)NC(CC(=O)O)c1ccc2c(c1)OCO2. The Kier molecular flexibility index (Phi) is 10.2. The topological polar surface area (TPSA) is 164 Å². The molecule has 0 saturated carbocycles. The fraction of sp³-hybridized carbons (Fsp3) is 0.310. The lowest BCUT2D eigenvalue weighted by Crippen LogP contribution is -2.49. The van der Waals surface area contributed by atoms with Gasteiger partial charge in [-0.2, -0.15) is 0 Å². The number of anilines is 2. The molecule has 0 aliphatic carbocycles. The summed E-state index contributed by atoms with van der Waals surface area (Å²) < 4.78 is 16.3. The zero-order valence-corrected chi connectivity index (χ0v) is 23.9. The van der Waals surface area contributed by atoms with Crippen molar-refractivity contribution < 1.29 is 38.5 Å². The maximum absolute atomic E-state index is 13.3. The van der Waals surface area contributed by atoms with Crippen molar-refractivity contribution in [1.82, 2.24) is 10.6 Å². The molecule has 1 aromatic heterocycles. The fourth-order valence-corrected chi connectivity index (χ4v) is 4.79.